The Morgan fingerprint density at radius 1 is 0.979 bits per heavy atom. The van der Waals surface area contributed by atoms with E-state index in [1.165, 1.54) is 9.80 Å². The van der Waals surface area contributed by atoms with Crippen LogP contribution in [0.25, 0.3) is 0 Å². The summed E-state index contributed by atoms with van der Waals surface area (Å²) in [6.45, 7) is 8.10. The molecule has 3 aliphatic heterocycles. The Balaban J connectivity index is 1.45. The SMILES string of the molecule is C=CCN(Cc1ccccc1)C(=O)[C@H]1[C@H]2C(=O)N([C@@H](CO)Cc3ccccc3)C(C(=O)N(CC=C)c3ccccc3Cl)C23CC(Br)[C@@H]1O3. The maximum Gasteiger partial charge on any atom is 0.253 e. The number of nitrogens with zero attached hydrogens (tertiary/aromatic N) is 3. The van der Waals surface area contributed by atoms with Crippen LogP contribution in [0.5, 0.6) is 0 Å². The van der Waals surface area contributed by atoms with Crippen molar-refractivity contribution < 1.29 is 24.2 Å². The van der Waals surface area contributed by atoms with Crippen LogP contribution in [-0.2, 0) is 32.1 Å². The second-order valence-corrected chi connectivity index (χ2v) is 14.2. The van der Waals surface area contributed by atoms with E-state index in [1.54, 1.807) is 41.3 Å². The van der Waals surface area contributed by atoms with Gasteiger partial charge in [0, 0.05) is 24.5 Å². The van der Waals surface area contributed by atoms with Gasteiger partial charge in [-0.1, -0.05) is 112 Å². The molecule has 1 spiro atoms. The molecule has 48 heavy (non-hydrogen) atoms. The number of para-hydroxylation sites is 1. The molecule has 3 heterocycles. The first kappa shape index (κ1) is 34.1. The van der Waals surface area contributed by atoms with Crippen molar-refractivity contribution >= 4 is 50.9 Å². The van der Waals surface area contributed by atoms with Crippen LogP contribution in [0.2, 0.25) is 5.02 Å². The second-order valence-electron chi connectivity index (χ2n) is 12.6. The number of carbonyl (C=O) groups is 3. The molecular formula is C38H39BrClN3O5. The number of anilines is 1. The van der Waals surface area contributed by atoms with E-state index >= 15 is 4.79 Å². The molecule has 0 aromatic heterocycles. The summed E-state index contributed by atoms with van der Waals surface area (Å²) in [6, 6.07) is 24.3. The lowest BCUT2D eigenvalue weighted by Gasteiger charge is -2.39. The number of fused-ring (bicyclic) bond motifs is 1. The highest BCUT2D eigenvalue weighted by Crippen LogP contribution is 2.61. The van der Waals surface area contributed by atoms with E-state index in [9.17, 15) is 14.7 Å². The van der Waals surface area contributed by atoms with Crippen molar-refractivity contribution in [3.05, 3.63) is 126 Å². The molecule has 0 aliphatic carbocycles. The minimum absolute atomic E-state index is 0.123. The quantitative estimate of drug-likeness (QED) is 0.187. The van der Waals surface area contributed by atoms with E-state index in [0.717, 1.165) is 11.1 Å². The summed E-state index contributed by atoms with van der Waals surface area (Å²) in [7, 11) is 0. The Morgan fingerprint density at radius 3 is 2.23 bits per heavy atom. The predicted octanol–water partition coefficient (Wildman–Crippen LogP) is 5.43. The first-order valence-corrected chi connectivity index (χ1v) is 17.4. The maximum atomic E-state index is 15.0. The molecule has 3 fully saturated rings. The molecule has 250 valence electrons. The molecule has 8 nitrogen and oxygen atoms in total. The Labute approximate surface area is 294 Å². The van der Waals surface area contributed by atoms with E-state index in [-0.39, 0.29) is 29.7 Å². The van der Waals surface area contributed by atoms with Crippen molar-refractivity contribution in [2.24, 2.45) is 11.8 Å². The molecule has 1 N–H and O–H groups in total. The second kappa shape index (κ2) is 14.4. The number of benzene rings is 3. The van der Waals surface area contributed by atoms with Crippen molar-refractivity contribution in [2.75, 3.05) is 24.6 Å². The van der Waals surface area contributed by atoms with Crippen LogP contribution in [0.15, 0.2) is 110 Å². The van der Waals surface area contributed by atoms with E-state index in [0.29, 0.717) is 30.1 Å². The first-order chi connectivity index (χ1) is 23.2. The highest BCUT2D eigenvalue weighted by Gasteiger charge is 2.77. The molecule has 3 aromatic rings. The van der Waals surface area contributed by atoms with Gasteiger partial charge < -0.3 is 24.5 Å². The molecule has 3 aliphatic rings. The molecule has 2 bridgehead atoms. The van der Waals surface area contributed by atoms with Gasteiger partial charge in [-0.15, -0.1) is 13.2 Å². The van der Waals surface area contributed by atoms with Gasteiger partial charge in [0.1, 0.15) is 11.6 Å². The number of amides is 3. The molecule has 3 amide bonds. The number of alkyl halides is 1. The van der Waals surface area contributed by atoms with Crippen molar-refractivity contribution in [3.63, 3.8) is 0 Å². The van der Waals surface area contributed by atoms with Gasteiger partial charge in [0.05, 0.1) is 41.3 Å². The number of hydrogen-bond acceptors (Lipinski definition) is 5. The zero-order valence-electron chi connectivity index (χ0n) is 26.5. The zero-order chi connectivity index (χ0) is 34.0. The fourth-order valence-electron chi connectivity index (χ4n) is 7.82. The normalized spacial score (nSPS) is 26.2. The largest absolute Gasteiger partial charge is 0.394 e. The molecule has 0 saturated carbocycles. The van der Waals surface area contributed by atoms with Gasteiger partial charge in [-0.25, -0.2) is 0 Å². The molecule has 6 rings (SSSR count). The van der Waals surface area contributed by atoms with E-state index in [2.05, 4.69) is 29.1 Å². The van der Waals surface area contributed by atoms with Gasteiger partial charge in [-0.2, -0.15) is 0 Å². The van der Waals surface area contributed by atoms with Crippen LogP contribution in [0.4, 0.5) is 5.69 Å². The van der Waals surface area contributed by atoms with Gasteiger partial charge in [0.15, 0.2) is 0 Å². The van der Waals surface area contributed by atoms with Gasteiger partial charge >= 0.3 is 0 Å². The molecule has 0 radical (unpaired) electrons. The molecular weight excluding hydrogens is 694 g/mol. The summed E-state index contributed by atoms with van der Waals surface area (Å²) in [4.78, 5) is 49.0. The smallest absolute Gasteiger partial charge is 0.253 e. The number of hydrogen-bond donors (Lipinski definition) is 1. The van der Waals surface area contributed by atoms with Crippen molar-refractivity contribution in [3.8, 4) is 0 Å². The lowest BCUT2D eigenvalue weighted by atomic mass is 9.70. The predicted molar refractivity (Wildman–Crippen MR) is 190 cm³/mol. The minimum atomic E-state index is -1.33. The fraction of sp³-hybridized carbons (Fsp3) is 0.342. The Bertz CT molecular complexity index is 1670. The number of rotatable bonds is 13. The average molecular weight is 733 g/mol. The molecule has 7 atom stereocenters. The topological polar surface area (TPSA) is 90.4 Å². The van der Waals surface area contributed by atoms with Crippen molar-refractivity contribution in [2.45, 2.75) is 48.0 Å². The highest BCUT2D eigenvalue weighted by atomic mass is 79.9. The standard InChI is InChI=1S/C38H39BrClN3O5/c1-3-19-41(23-26-15-9-6-10-16-26)35(45)31-32-36(46)43(27(24-44)21-25-13-7-5-8-14-25)34(38(32)22-28(39)33(31)48-38)37(47)42(20-4-2)30-18-12-11-17-29(30)40/h3-18,27-28,31-34,44H,1-2,19-24H2/t27-,28?,31+,32+,33+,34?,38?/m1/s1. The third-order valence-electron chi connectivity index (χ3n) is 9.76. The summed E-state index contributed by atoms with van der Waals surface area (Å²) in [6.07, 6.45) is 3.28. The Kier molecular flexibility index (Phi) is 10.2. The summed E-state index contributed by atoms with van der Waals surface area (Å²) >= 11 is 10.4. The van der Waals surface area contributed by atoms with Gasteiger partial charge in [0.25, 0.3) is 5.91 Å². The summed E-state index contributed by atoms with van der Waals surface area (Å²) in [5, 5.41) is 11.2. The molecule has 3 unspecified atom stereocenters. The van der Waals surface area contributed by atoms with Gasteiger partial charge in [-0.05, 0) is 36.1 Å². The van der Waals surface area contributed by atoms with Crippen LogP contribution in [-0.4, -0.2) is 80.9 Å². The third kappa shape index (κ3) is 6.02. The summed E-state index contributed by atoms with van der Waals surface area (Å²) < 4.78 is 6.81. The Hall–Kier alpha value is -3.76. The number of halogens is 2. The average Bonchev–Trinajstić information content (AvgIpc) is 3.70. The van der Waals surface area contributed by atoms with E-state index < -0.39 is 48.1 Å². The van der Waals surface area contributed by atoms with Crippen LogP contribution in [0, 0.1) is 11.8 Å². The number of aliphatic hydroxyl groups is 1. The molecule has 3 saturated heterocycles. The number of likely N-dealkylation sites (tertiary alicyclic amines) is 1. The highest BCUT2D eigenvalue weighted by molar-refractivity contribution is 9.09. The summed E-state index contributed by atoms with van der Waals surface area (Å²) in [5.41, 5.74) is 0.980. The first-order valence-electron chi connectivity index (χ1n) is 16.1. The van der Waals surface area contributed by atoms with Crippen LogP contribution in [0.1, 0.15) is 17.5 Å². The fourth-order valence-corrected chi connectivity index (χ4v) is 9.00. The number of carbonyl (C=O) groups excluding carboxylic acids is 3. The third-order valence-corrected chi connectivity index (χ3v) is 10.9. The van der Waals surface area contributed by atoms with Gasteiger partial charge in [-0.3, -0.25) is 14.4 Å². The van der Waals surface area contributed by atoms with E-state index in [1.807, 2.05) is 60.7 Å². The van der Waals surface area contributed by atoms with Crippen LogP contribution in [0.3, 0.4) is 0 Å². The lowest BCUT2D eigenvalue weighted by Crippen LogP contribution is -2.59. The minimum Gasteiger partial charge on any atom is -0.394 e. The van der Waals surface area contributed by atoms with Crippen LogP contribution < -0.4 is 4.90 Å². The van der Waals surface area contributed by atoms with Gasteiger partial charge in [0.2, 0.25) is 11.8 Å². The molecule has 10 heteroatoms. The number of aliphatic hydroxyl groups excluding tert-OH is 1. The summed E-state index contributed by atoms with van der Waals surface area (Å²) in [5.74, 6) is -2.82. The monoisotopic (exact) mass is 731 g/mol. The van der Waals surface area contributed by atoms with Crippen LogP contribution >= 0.6 is 27.5 Å². The number of ether oxygens (including phenoxy) is 1. The Morgan fingerprint density at radius 2 is 1.60 bits per heavy atom. The van der Waals surface area contributed by atoms with E-state index in [4.69, 9.17) is 16.3 Å². The zero-order valence-corrected chi connectivity index (χ0v) is 28.9. The lowest BCUT2D eigenvalue weighted by molar-refractivity contribution is -0.147. The van der Waals surface area contributed by atoms with Crippen molar-refractivity contribution in [1.29, 1.82) is 0 Å². The molecule has 3 aromatic carbocycles. The maximum absolute atomic E-state index is 15.0. The van der Waals surface area contributed by atoms with Crippen molar-refractivity contribution in [1.82, 2.24) is 9.80 Å².